The molecular weight excluding hydrogens is 236 g/mol. The molecule has 1 atom stereocenters. The number of urea groups is 1. The van der Waals surface area contributed by atoms with Gasteiger partial charge >= 0.3 is 11.9 Å². The Morgan fingerprint density at radius 3 is 2.78 bits per heavy atom. The highest BCUT2D eigenvalue weighted by Crippen LogP contribution is 2.24. The van der Waals surface area contributed by atoms with Gasteiger partial charge in [-0.25, -0.2) is 4.79 Å². The molecular formula is C11H16N4O3+. The summed E-state index contributed by atoms with van der Waals surface area (Å²) in [4.78, 5) is 25.6. The lowest BCUT2D eigenvalue weighted by Gasteiger charge is -2.30. The van der Waals surface area contributed by atoms with Crippen LogP contribution in [0.5, 0.6) is 0 Å². The van der Waals surface area contributed by atoms with Gasteiger partial charge in [0, 0.05) is 13.1 Å². The summed E-state index contributed by atoms with van der Waals surface area (Å²) >= 11 is 0. The standard InChI is InChI=1S/C11H15N4O3/c1-2-15(11(12)17)9(3-4-13-15)10(16)14-5-7-18-8-6-14/h4H,2,5-8H2,1H3,(H-,12,17)/p+1. The number of amides is 3. The number of carbonyl (C=O) groups is 2. The Morgan fingerprint density at radius 1 is 1.56 bits per heavy atom. The molecule has 0 aliphatic carbocycles. The smallest absolute Gasteiger partial charge is 0.378 e. The van der Waals surface area contributed by atoms with Crippen molar-refractivity contribution in [3.8, 4) is 0 Å². The molecule has 18 heavy (non-hydrogen) atoms. The molecule has 0 spiro atoms. The lowest BCUT2D eigenvalue weighted by atomic mass is 10.2. The molecule has 0 aromatic heterocycles. The number of hydrogen-bond acceptors (Lipinski definition) is 4. The van der Waals surface area contributed by atoms with Gasteiger partial charge in [0.05, 0.1) is 25.5 Å². The summed E-state index contributed by atoms with van der Waals surface area (Å²) in [6.45, 7) is 4.07. The molecule has 7 heteroatoms. The first-order valence-electron chi connectivity index (χ1n) is 5.85. The summed E-state index contributed by atoms with van der Waals surface area (Å²) in [5, 5.41) is 3.99. The van der Waals surface area contributed by atoms with Gasteiger partial charge in [0.15, 0.2) is 0 Å². The fraction of sp³-hybridized carbons (Fsp3) is 0.545. The van der Waals surface area contributed by atoms with E-state index in [1.165, 1.54) is 6.21 Å². The van der Waals surface area contributed by atoms with Crippen molar-refractivity contribution in [3.63, 3.8) is 0 Å². The molecule has 3 amide bonds. The number of hydrogen-bond donors (Lipinski definition) is 1. The zero-order chi connectivity index (χ0) is 13.2. The van der Waals surface area contributed by atoms with Crippen LogP contribution in [0, 0.1) is 6.08 Å². The third-order valence-corrected chi connectivity index (χ3v) is 3.15. The average molecular weight is 252 g/mol. The van der Waals surface area contributed by atoms with E-state index in [2.05, 4.69) is 11.2 Å². The molecule has 2 rings (SSSR count). The summed E-state index contributed by atoms with van der Waals surface area (Å²) in [6.07, 6.45) is 4.08. The third-order valence-electron chi connectivity index (χ3n) is 3.15. The number of carbonyl (C=O) groups excluding carboxylic acids is 2. The molecule has 2 aliphatic heterocycles. The second-order valence-corrected chi connectivity index (χ2v) is 4.07. The van der Waals surface area contributed by atoms with E-state index in [9.17, 15) is 9.59 Å². The van der Waals surface area contributed by atoms with E-state index in [1.54, 1.807) is 11.8 Å². The Bertz CT molecular complexity index is 426. The van der Waals surface area contributed by atoms with Gasteiger partial charge in [0.1, 0.15) is 6.54 Å². The quantitative estimate of drug-likeness (QED) is 0.669. The van der Waals surface area contributed by atoms with Gasteiger partial charge in [-0.05, 0) is 6.92 Å². The number of ether oxygens (including phenoxy) is 1. The van der Waals surface area contributed by atoms with Crippen LogP contribution in [-0.2, 0) is 9.53 Å². The SMILES string of the molecule is CC[N+]1(C(N)=O)N=C[C]=C1C(=O)N1CCOCC1. The van der Waals surface area contributed by atoms with Gasteiger partial charge in [-0.1, -0.05) is 9.69 Å². The van der Waals surface area contributed by atoms with Crippen LogP contribution < -0.4 is 5.73 Å². The number of nitrogens with zero attached hydrogens (tertiary/aromatic N) is 3. The molecule has 97 valence electrons. The molecule has 0 bridgehead atoms. The third kappa shape index (κ3) is 1.91. The number of primary amides is 1. The second-order valence-electron chi connectivity index (χ2n) is 4.07. The van der Waals surface area contributed by atoms with E-state index in [1.807, 2.05) is 0 Å². The topological polar surface area (TPSA) is 85.0 Å². The van der Waals surface area contributed by atoms with Crippen LogP contribution in [-0.4, -0.2) is 60.5 Å². The molecule has 0 aromatic carbocycles. The van der Waals surface area contributed by atoms with E-state index in [-0.39, 0.29) is 11.6 Å². The first kappa shape index (κ1) is 12.7. The van der Waals surface area contributed by atoms with Crippen molar-refractivity contribution >= 4 is 18.2 Å². The highest BCUT2D eigenvalue weighted by atomic mass is 16.5. The van der Waals surface area contributed by atoms with Gasteiger partial charge in [-0.2, -0.15) is 0 Å². The largest absolute Gasteiger partial charge is 0.445 e. The van der Waals surface area contributed by atoms with Crippen molar-refractivity contribution in [1.82, 2.24) is 4.90 Å². The molecule has 2 heterocycles. The summed E-state index contributed by atoms with van der Waals surface area (Å²) < 4.78 is 4.68. The van der Waals surface area contributed by atoms with Crippen LogP contribution in [0.25, 0.3) is 0 Å². The fourth-order valence-corrected chi connectivity index (χ4v) is 2.05. The van der Waals surface area contributed by atoms with Gasteiger partial charge in [-0.3, -0.25) is 4.79 Å². The maximum atomic E-state index is 12.3. The van der Waals surface area contributed by atoms with Gasteiger partial charge in [0.25, 0.3) is 0 Å². The van der Waals surface area contributed by atoms with Crippen LogP contribution >= 0.6 is 0 Å². The minimum Gasteiger partial charge on any atom is -0.378 e. The first-order valence-corrected chi connectivity index (χ1v) is 5.85. The van der Waals surface area contributed by atoms with Crippen molar-refractivity contribution in [3.05, 3.63) is 11.8 Å². The van der Waals surface area contributed by atoms with Gasteiger partial charge in [-0.15, -0.1) is 0 Å². The average Bonchev–Trinajstić information content (AvgIpc) is 2.84. The van der Waals surface area contributed by atoms with Gasteiger partial charge < -0.3 is 15.4 Å². The summed E-state index contributed by atoms with van der Waals surface area (Å²) in [7, 11) is 0. The molecule has 2 N–H and O–H groups in total. The summed E-state index contributed by atoms with van der Waals surface area (Å²) in [6, 6.07) is -0.671. The second kappa shape index (κ2) is 4.87. The normalized spacial score (nSPS) is 27.2. The zero-order valence-corrected chi connectivity index (χ0v) is 10.3. The van der Waals surface area contributed by atoms with Crippen molar-refractivity contribution in [2.24, 2.45) is 10.8 Å². The molecule has 1 radical (unpaired) electrons. The van der Waals surface area contributed by atoms with E-state index in [0.29, 0.717) is 32.8 Å². The number of allylic oxidation sites excluding steroid dienone is 1. The number of morpholine rings is 1. The van der Waals surface area contributed by atoms with Crippen molar-refractivity contribution in [2.45, 2.75) is 6.92 Å². The highest BCUT2D eigenvalue weighted by Gasteiger charge is 2.47. The van der Waals surface area contributed by atoms with Crippen LogP contribution in [0.1, 0.15) is 6.92 Å². The lowest BCUT2D eigenvalue weighted by molar-refractivity contribution is -0.808. The minimum absolute atomic E-state index is 0.187. The molecule has 1 saturated heterocycles. The highest BCUT2D eigenvalue weighted by molar-refractivity contribution is 5.97. The van der Waals surface area contributed by atoms with Crippen molar-refractivity contribution < 1.29 is 18.9 Å². The van der Waals surface area contributed by atoms with E-state index < -0.39 is 10.6 Å². The maximum absolute atomic E-state index is 12.3. The fourth-order valence-electron chi connectivity index (χ4n) is 2.05. The zero-order valence-electron chi connectivity index (χ0n) is 10.3. The van der Waals surface area contributed by atoms with Crippen molar-refractivity contribution in [2.75, 3.05) is 32.8 Å². The molecule has 0 aromatic rings. The first-order chi connectivity index (χ1) is 8.62. The summed E-state index contributed by atoms with van der Waals surface area (Å²) in [5.41, 5.74) is 5.55. The van der Waals surface area contributed by atoms with Crippen LogP contribution in [0.3, 0.4) is 0 Å². The molecule has 7 nitrogen and oxygen atoms in total. The molecule has 2 aliphatic rings. The van der Waals surface area contributed by atoms with E-state index in [4.69, 9.17) is 10.5 Å². The predicted molar refractivity (Wildman–Crippen MR) is 63.0 cm³/mol. The number of likely N-dealkylation sites (N-methyl/N-ethyl adjacent to an activating group) is 1. The Balaban J connectivity index is 2.22. The maximum Gasteiger partial charge on any atom is 0.445 e. The lowest BCUT2D eigenvalue weighted by Crippen LogP contribution is -2.54. The van der Waals surface area contributed by atoms with E-state index >= 15 is 0 Å². The van der Waals surface area contributed by atoms with E-state index in [0.717, 1.165) is 0 Å². The molecule has 1 fully saturated rings. The van der Waals surface area contributed by atoms with Crippen molar-refractivity contribution in [1.29, 1.82) is 0 Å². The Hall–Kier alpha value is -1.73. The predicted octanol–water partition coefficient (Wildman–Crippen LogP) is -0.553. The Morgan fingerprint density at radius 2 is 2.22 bits per heavy atom. The molecule has 0 saturated carbocycles. The number of rotatable bonds is 2. The molecule has 1 unspecified atom stereocenters. The van der Waals surface area contributed by atoms with Crippen LogP contribution in [0.4, 0.5) is 4.79 Å². The Kier molecular flexibility index (Phi) is 3.44. The minimum atomic E-state index is -0.671. The summed E-state index contributed by atoms with van der Waals surface area (Å²) in [5.74, 6) is -0.253. The van der Waals surface area contributed by atoms with Gasteiger partial charge in [0.2, 0.25) is 5.70 Å². The number of nitrogens with two attached hydrogens (primary N) is 1. The number of quaternary nitrogens is 1. The monoisotopic (exact) mass is 252 g/mol. The van der Waals surface area contributed by atoms with Crippen LogP contribution in [0.2, 0.25) is 0 Å². The Labute approximate surface area is 105 Å². The van der Waals surface area contributed by atoms with Crippen LogP contribution in [0.15, 0.2) is 10.8 Å².